The fraction of sp³-hybridized carbons (Fsp3) is 0.364. The monoisotopic (exact) mass is 430 g/mol. The van der Waals surface area contributed by atoms with Crippen molar-refractivity contribution in [2.24, 2.45) is 0 Å². The Morgan fingerprint density at radius 2 is 1.97 bits per heavy atom. The van der Waals surface area contributed by atoms with E-state index in [0.717, 1.165) is 33.8 Å². The normalized spacial score (nSPS) is 12.0. The lowest BCUT2D eigenvalue weighted by Gasteiger charge is -2.18. The van der Waals surface area contributed by atoms with Crippen molar-refractivity contribution in [3.05, 3.63) is 59.0 Å². The summed E-state index contributed by atoms with van der Waals surface area (Å²) in [5, 5.41) is 6.28. The minimum atomic E-state index is -0.564. The number of pyridine rings is 1. The van der Waals surface area contributed by atoms with E-state index >= 15 is 0 Å². The van der Waals surface area contributed by atoms with Crippen LogP contribution in [0.25, 0.3) is 5.65 Å². The van der Waals surface area contributed by atoms with E-state index in [0.29, 0.717) is 12.2 Å². The number of carbonyl (C=O) groups is 1. The number of fused-ring (bicyclic) bond motifs is 1. The van der Waals surface area contributed by atoms with E-state index in [4.69, 9.17) is 21.1 Å². The summed E-state index contributed by atoms with van der Waals surface area (Å²) in [6.07, 6.45) is 0.929. The molecule has 0 radical (unpaired) electrons. The molecule has 1 amide bonds. The van der Waals surface area contributed by atoms with Crippen molar-refractivity contribution in [1.29, 1.82) is 0 Å². The third-order valence-electron chi connectivity index (χ3n) is 5.03. The number of nitrogens with zero attached hydrogens (tertiary/aromatic N) is 2. The van der Waals surface area contributed by atoms with Crippen LogP contribution in [0.15, 0.2) is 36.5 Å². The van der Waals surface area contributed by atoms with Gasteiger partial charge in [-0.2, -0.15) is 0 Å². The summed E-state index contributed by atoms with van der Waals surface area (Å²) in [5.74, 6) is 0.163. The molecule has 2 N–H and O–H groups in total. The van der Waals surface area contributed by atoms with Gasteiger partial charge in [-0.15, -0.1) is 11.6 Å². The molecule has 8 heteroatoms. The summed E-state index contributed by atoms with van der Waals surface area (Å²) in [6.45, 7) is 6.81. The number of methoxy groups -OCH3 is 1. The minimum Gasteiger partial charge on any atom is -0.442 e. The number of hydrogen-bond donors (Lipinski definition) is 2. The van der Waals surface area contributed by atoms with Crippen LogP contribution in [0, 0.1) is 20.8 Å². The molecule has 2 heterocycles. The van der Waals surface area contributed by atoms with E-state index in [2.05, 4.69) is 20.0 Å². The maximum atomic E-state index is 12.3. The molecule has 3 rings (SSSR count). The quantitative estimate of drug-likeness (QED) is 0.507. The third-order valence-corrected chi connectivity index (χ3v) is 5.37. The molecule has 0 saturated heterocycles. The number of carbonyl (C=O) groups excluding carboxylic acids is 1. The van der Waals surface area contributed by atoms with Gasteiger partial charge in [-0.1, -0.05) is 12.1 Å². The first kappa shape index (κ1) is 21.9. The smallest absolute Gasteiger partial charge is 0.412 e. The second-order valence-corrected chi connectivity index (χ2v) is 7.42. The second kappa shape index (κ2) is 9.82. The molecule has 3 aromatic rings. The van der Waals surface area contributed by atoms with Gasteiger partial charge >= 0.3 is 6.09 Å². The van der Waals surface area contributed by atoms with Gasteiger partial charge in [0, 0.05) is 31.2 Å². The van der Waals surface area contributed by atoms with Gasteiger partial charge < -0.3 is 19.2 Å². The van der Waals surface area contributed by atoms with E-state index in [1.807, 2.05) is 57.3 Å². The zero-order valence-electron chi connectivity index (χ0n) is 17.7. The molecule has 0 fully saturated rings. The van der Waals surface area contributed by atoms with Gasteiger partial charge in [0.15, 0.2) is 5.65 Å². The minimum absolute atomic E-state index is 0.163. The number of aromatic nitrogens is 2. The second-order valence-electron chi connectivity index (χ2n) is 7.11. The Morgan fingerprint density at radius 3 is 2.70 bits per heavy atom. The number of aryl methyl sites for hydroxylation is 3. The summed E-state index contributed by atoms with van der Waals surface area (Å²) >= 11 is 5.83. The Bertz CT molecular complexity index is 1030. The van der Waals surface area contributed by atoms with Crippen LogP contribution < -0.4 is 10.6 Å². The highest BCUT2D eigenvalue weighted by Gasteiger charge is 2.16. The molecule has 0 bridgehead atoms. The lowest BCUT2D eigenvalue weighted by molar-refractivity contribution is 0.0581. The lowest BCUT2D eigenvalue weighted by atomic mass is 10.1. The van der Waals surface area contributed by atoms with Crippen molar-refractivity contribution in [1.82, 2.24) is 9.38 Å². The van der Waals surface area contributed by atoms with Crippen molar-refractivity contribution in [2.75, 3.05) is 30.2 Å². The summed E-state index contributed by atoms with van der Waals surface area (Å²) in [6, 6.07) is 9.73. The van der Waals surface area contributed by atoms with Crippen LogP contribution in [0.5, 0.6) is 0 Å². The number of alkyl halides is 1. The molecular weight excluding hydrogens is 404 g/mol. The molecule has 0 saturated carbocycles. The number of amides is 1. The Morgan fingerprint density at radius 1 is 1.20 bits per heavy atom. The predicted molar refractivity (Wildman–Crippen MR) is 120 cm³/mol. The summed E-state index contributed by atoms with van der Waals surface area (Å²) in [7, 11) is 1.54. The zero-order valence-corrected chi connectivity index (χ0v) is 18.4. The highest BCUT2D eigenvalue weighted by atomic mass is 35.5. The fourth-order valence-corrected chi connectivity index (χ4v) is 3.41. The van der Waals surface area contributed by atoms with Gasteiger partial charge in [-0.25, -0.2) is 9.78 Å². The van der Waals surface area contributed by atoms with Gasteiger partial charge in [0.2, 0.25) is 0 Å². The first-order valence-electron chi connectivity index (χ1n) is 9.73. The largest absolute Gasteiger partial charge is 0.442 e. The van der Waals surface area contributed by atoms with E-state index in [9.17, 15) is 4.79 Å². The maximum absolute atomic E-state index is 12.3. The van der Waals surface area contributed by atoms with Crippen LogP contribution in [-0.2, 0) is 16.0 Å². The number of imidazole rings is 1. The van der Waals surface area contributed by atoms with Crippen LogP contribution in [0.2, 0.25) is 0 Å². The SMILES string of the molecule is COCC(CCl)OC(=O)Nc1cccc(C)c1CNc1cccn2c(C)c(C)nc12. The third kappa shape index (κ3) is 4.86. The maximum Gasteiger partial charge on any atom is 0.412 e. The standard InChI is InChI=1S/C22H27ClN4O3/c1-14-7-5-8-19(26-22(28)30-17(11-23)13-29-4)18(14)12-24-20-9-6-10-27-16(3)15(2)25-21(20)27/h5-10,17,24H,11-13H2,1-4H3,(H,26,28). The van der Waals surface area contributed by atoms with Gasteiger partial charge in [0.1, 0.15) is 6.10 Å². The van der Waals surface area contributed by atoms with Gasteiger partial charge in [0.25, 0.3) is 0 Å². The molecule has 0 aliphatic heterocycles. The highest BCUT2D eigenvalue weighted by molar-refractivity contribution is 6.18. The fourth-order valence-electron chi connectivity index (χ4n) is 3.26. The van der Waals surface area contributed by atoms with E-state index in [1.165, 1.54) is 7.11 Å². The Hall–Kier alpha value is -2.77. The summed E-state index contributed by atoms with van der Waals surface area (Å²) in [4.78, 5) is 17.0. The number of anilines is 2. The van der Waals surface area contributed by atoms with Gasteiger partial charge in [-0.3, -0.25) is 5.32 Å². The molecule has 7 nitrogen and oxygen atoms in total. The topological polar surface area (TPSA) is 76.9 Å². The summed E-state index contributed by atoms with van der Waals surface area (Å²) in [5.41, 5.74) is 6.60. The number of nitrogens with one attached hydrogen (secondary N) is 2. The number of halogens is 1. The first-order chi connectivity index (χ1) is 14.4. The molecule has 30 heavy (non-hydrogen) atoms. The molecule has 0 aliphatic rings. The highest BCUT2D eigenvalue weighted by Crippen LogP contribution is 2.24. The van der Waals surface area contributed by atoms with Crippen LogP contribution in [0.4, 0.5) is 16.2 Å². The molecule has 160 valence electrons. The molecular formula is C22H27ClN4O3. The average molecular weight is 431 g/mol. The van der Waals surface area contributed by atoms with Crippen LogP contribution in [0.1, 0.15) is 22.5 Å². The number of benzene rings is 1. The average Bonchev–Trinajstić information content (AvgIpc) is 3.02. The molecule has 0 spiro atoms. The molecule has 1 atom stereocenters. The van der Waals surface area contributed by atoms with Crippen molar-refractivity contribution >= 4 is 34.7 Å². The van der Waals surface area contributed by atoms with Gasteiger partial charge in [0.05, 0.1) is 23.9 Å². The van der Waals surface area contributed by atoms with Crippen molar-refractivity contribution < 1.29 is 14.3 Å². The van der Waals surface area contributed by atoms with Crippen molar-refractivity contribution in [3.63, 3.8) is 0 Å². The van der Waals surface area contributed by atoms with E-state index in [-0.39, 0.29) is 12.5 Å². The van der Waals surface area contributed by atoms with Crippen molar-refractivity contribution in [3.8, 4) is 0 Å². The zero-order chi connectivity index (χ0) is 21.7. The number of ether oxygens (including phenoxy) is 2. The predicted octanol–water partition coefficient (Wildman–Crippen LogP) is 4.67. The first-order valence-corrected chi connectivity index (χ1v) is 10.3. The van der Waals surface area contributed by atoms with Crippen LogP contribution in [0.3, 0.4) is 0 Å². The summed E-state index contributed by atoms with van der Waals surface area (Å²) < 4.78 is 12.4. The molecule has 1 unspecified atom stereocenters. The van der Waals surface area contributed by atoms with Crippen LogP contribution >= 0.6 is 11.6 Å². The molecule has 0 aliphatic carbocycles. The van der Waals surface area contributed by atoms with Crippen molar-refractivity contribution in [2.45, 2.75) is 33.4 Å². The Labute approximate surface area is 181 Å². The number of rotatable bonds is 8. The van der Waals surface area contributed by atoms with Crippen LogP contribution in [-0.4, -0.2) is 41.2 Å². The molecule has 1 aromatic carbocycles. The Balaban J connectivity index is 1.77. The molecule has 2 aromatic heterocycles. The van der Waals surface area contributed by atoms with E-state index in [1.54, 1.807) is 0 Å². The Kier molecular flexibility index (Phi) is 7.18. The van der Waals surface area contributed by atoms with E-state index < -0.39 is 12.2 Å². The van der Waals surface area contributed by atoms with Gasteiger partial charge in [-0.05, 0) is 50.1 Å². The number of hydrogen-bond acceptors (Lipinski definition) is 5. The lowest BCUT2D eigenvalue weighted by Crippen LogP contribution is -2.28.